The molecule has 0 aliphatic carbocycles. The predicted octanol–water partition coefficient (Wildman–Crippen LogP) is 0.974. The van der Waals surface area contributed by atoms with Gasteiger partial charge >= 0.3 is 5.97 Å². The molecule has 0 saturated heterocycles. The molecule has 1 aliphatic rings. The molecule has 0 saturated carbocycles. The van der Waals surface area contributed by atoms with Gasteiger partial charge in [-0.15, -0.1) is 0 Å². The van der Waals surface area contributed by atoms with E-state index >= 15 is 0 Å². The van der Waals surface area contributed by atoms with Crippen molar-refractivity contribution in [1.82, 2.24) is 0 Å². The van der Waals surface area contributed by atoms with Crippen LogP contribution in [0.2, 0.25) is 0 Å². The number of carboxylic acids is 1. The number of hydrogen-bond donors (Lipinski definition) is 2. The van der Waals surface area contributed by atoms with Crippen LogP contribution in [0.15, 0.2) is 23.1 Å². The van der Waals surface area contributed by atoms with Crippen LogP contribution in [0.4, 0.5) is 5.69 Å². The summed E-state index contributed by atoms with van der Waals surface area (Å²) in [6, 6.07) is 4.44. The van der Waals surface area contributed by atoms with Crippen LogP contribution in [0.25, 0.3) is 0 Å². The summed E-state index contributed by atoms with van der Waals surface area (Å²) in [6.07, 6.45) is 0.482. The first-order valence-electron chi connectivity index (χ1n) is 4.85. The quantitative estimate of drug-likeness (QED) is 0.765. The van der Waals surface area contributed by atoms with Gasteiger partial charge in [-0.2, -0.15) is 0 Å². The molecule has 1 aromatic carbocycles. The molecule has 0 spiro atoms. The third-order valence-corrected chi connectivity index (χ3v) is 4.35. The standard InChI is InChI=1S/C10H11NO4S/c12-10(13)7-3-1-4-8-9(7)16(14,15)6-2-5-11-8/h1,3-4,11H,2,5-6H2,(H,12,13). The number of aromatic carboxylic acids is 1. The molecule has 6 heteroatoms. The summed E-state index contributed by atoms with van der Waals surface area (Å²) in [7, 11) is -3.50. The Balaban J connectivity index is 2.75. The maximum absolute atomic E-state index is 11.9. The molecule has 16 heavy (non-hydrogen) atoms. The summed E-state index contributed by atoms with van der Waals surface area (Å²) in [5, 5.41) is 11.9. The van der Waals surface area contributed by atoms with Gasteiger partial charge in [-0.3, -0.25) is 0 Å². The maximum Gasteiger partial charge on any atom is 0.337 e. The smallest absolute Gasteiger partial charge is 0.337 e. The highest BCUT2D eigenvalue weighted by molar-refractivity contribution is 7.91. The Bertz CT molecular complexity index is 536. The van der Waals surface area contributed by atoms with Crippen LogP contribution < -0.4 is 5.32 Å². The molecule has 0 amide bonds. The normalized spacial score (nSPS) is 18.0. The van der Waals surface area contributed by atoms with Gasteiger partial charge in [-0.05, 0) is 18.6 Å². The number of rotatable bonds is 1. The minimum absolute atomic E-state index is 0.0166. The minimum Gasteiger partial charge on any atom is -0.478 e. The van der Waals surface area contributed by atoms with Gasteiger partial charge < -0.3 is 10.4 Å². The number of benzene rings is 1. The highest BCUT2D eigenvalue weighted by atomic mass is 32.2. The monoisotopic (exact) mass is 241 g/mol. The summed E-state index contributed by atoms with van der Waals surface area (Å²) in [6.45, 7) is 0.537. The molecular weight excluding hydrogens is 230 g/mol. The van der Waals surface area contributed by atoms with Crippen molar-refractivity contribution in [3.8, 4) is 0 Å². The summed E-state index contributed by atoms with van der Waals surface area (Å²) >= 11 is 0. The second kappa shape index (κ2) is 3.79. The summed E-state index contributed by atoms with van der Waals surface area (Å²) in [5.41, 5.74) is 0.226. The number of fused-ring (bicyclic) bond motifs is 1. The van der Waals surface area contributed by atoms with Gasteiger partial charge in [-0.25, -0.2) is 13.2 Å². The van der Waals surface area contributed by atoms with E-state index < -0.39 is 15.8 Å². The van der Waals surface area contributed by atoms with Crippen LogP contribution >= 0.6 is 0 Å². The summed E-state index contributed by atoms with van der Waals surface area (Å²) < 4.78 is 23.8. The number of sulfone groups is 1. The Morgan fingerprint density at radius 3 is 2.81 bits per heavy atom. The number of carboxylic acid groups (broad SMARTS) is 1. The van der Waals surface area contributed by atoms with E-state index in [9.17, 15) is 13.2 Å². The van der Waals surface area contributed by atoms with E-state index in [1.807, 2.05) is 0 Å². The van der Waals surface area contributed by atoms with Gasteiger partial charge in [0.2, 0.25) is 0 Å². The Morgan fingerprint density at radius 1 is 1.38 bits per heavy atom. The molecule has 1 aromatic rings. The van der Waals surface area contributed by atoms with Crippen LogP contribution in [0.1, 0.15) is 16.8 Å². The van der Waals surface area contributed by atoms with Gasteiger partial charge in [0.1, 0.15) is 4.90 Å². The first-order chi connectivity index (χ1) is 7.52. The average Bonchev–Trinajstić information content (AvgIpc) is 2.37. The summed E-state index contributed by atoms with van der Waals surface area (Å²) in [4.78, 5) is 10.9. The number of nitrogens with one attached hydrogen (secondary N) is 1. The SMILES string of the molecule is O=C(O)c1cccc2c1S(=O)(=O)CCCN2. The molecule has 0 unspecified atom stereocenters. The Morgan fingerprint density at radius 2 is 2.12 bits per heavy atom. The van der Waals surface area contributed by atoms with Gasteiger partial charge in [0, 0.05) is 6.54 Å². The second-order valence-corrected chi connectivity index (χ2v) is 5.63. The fourth-order valence-electron chi connectivity index (χ4n) is 1.77. The Hall–Kier alpha value is -1.56. The van der Waals surface area contributed by atoms with E-state index in [-0.39, 0.29) is 16.2 Å². The minimum atomic E-state index is -3.50. The summed E-state index contributed by atoms with van der Waals surface area (Å²) in [5.74, 6) is -1.23. The number of carbonyl (C=O) groups is 1. The van der Waals surface area contributed by atoms with Crippen molar-refractivity contribution in [3.05, 3.63) is 23.8 Å². The molecule has 0 fully saturated rings. The zero-order chi connectivity index (χ0) is 11.8. The van der Waals surface area contributed by atoms with Crippen molar-refractivity contribution in [2.24, 2.45) is 0 Å². The van der Waals surface area contributed by atoms with Gasteiger partial charge in [0.15, 0.2) is 9.84 Å². The van der Waals surface area contributed by atoms with Crippen molar-refractivity contribution in [2.75, 3.05) is 17.6 Å². The van der Waals surface area contributed by atoms with E-state index in [1.54, 1.807) is 6.07 Å². The van der Waals surface area contributed by atoms with Crippen molar-refractivity contribution in [1.29, 1.82) is 0 Å². The number of hydrogen-bond acceptors (Lipinski definition) is 4. The van der Waals surface area contributed by atoms with Crippen LogP contribution in [-0.4, -0.2) is 31.8 Å². The highest BCUT2D eigenvalue weighted by Crippen LogP contribution is 2.29. The third-order valence-electron chi connectivity index (χ3n) is 2.46. The van der Waals surface area contributed by atoms with Crippen LogP contribution in [0.3, 0.4) is 0 Å². The van der Waals surface area contributed by atoms with Crippen molar-refractivity contribution < 1.29 is 18.3 Å². The van der Waals surface area contributed by atoms with E-state index in [1.165, 1.54) is 12.1 Å². The van der Waals surface area contributed by atoms with E-state index in [0.717, 1.165) is 0 Å². The lowest BCUT2D eigenvalue weighted by molar-refractivity contribution is 0.0693. The van der Waals surface area contributed by atoms with E-state index in [0.29, 0.717) is 18.7 Å². The molecule has 0 atom stereocenters. The molecule has 0 aromatic heterocycles. The molecular formula is C10H11NO4S. The molecule has 1 heterocycles. The topological polar surface area (TPSA) is 83.5 Å². The van der Waals surface area contributed by atoms with Gasteiger partial charge in [-0.1, -0.05) is 6.07 Å². The molecule has 86 valence electrons. The largest absolute Gasteiger partial charge is 0.478 e. The van der Waals surface area contributed by atoms with Gasteiger partial charge in [0.25, 0.3) is 0 Å². The maximum atomic E-state index is 11.9. The van der Waals surface area contributed by atoms with Crippen molar-refractivity contribution in [2.45, 2.75) is 11.3 Å². The van der Waals surface area contributed by atoms with Crippen LogP contribution in [0, 0.1) is 0 Å². The lowest BCUT2D eigenvalue weighted by atomic mass is 10.2. The fourth-order valence-corrected chi connectivity index (χ4v) is 3.46. The molecule has 2 rings (SSSR count). The van der Waals surface area contributed by atoms with E-state index in [2.05, 4.69) is 5.32 Å². The van der Waals surface area contributed by atoms with Crippen molar-refractivity contribution in [3.63, 3.8) is 0 Å². The average molecular weight is 241 g/mol. The first kappa shape index (κ1) is 10.9. The number of anilines is 1. The second-order valence-electron chi connectivity index (χ2n) is 3.59. The molecule has 1 aliphatic heterocycles. The predicted molar refractivity (Wildman–Crippen MR) is 58.6 cm³/mol. The highest BCUT2D eigenvalue weighted by Gasteiger charge is 2.27. The van der Waals surface area contributed by atoms with E-state index in [4.69, 9.17) is 5.11 Å². The first-order valence-corrected chi connectivity index (χ1v) is 6.50. The van der Waals surface area contributed by atoms with Crippen molar-refractivity contribution >= 4 is 21.5 Å². The Kier molecular flexibility index (Phi) is 2.59. The zero-order valence-electron chi connectivity index (χ0n) is 8.43. The third kappa shape index (κ3) is 1.76. The molecule has 2 N–H and O–H groups in total. The lowest BCUT2D eigenvalue weighted by Crippen LogP contribution is -2.11. The Labute approximate surface area is 93.0 Å². The van der Waals surface area contributed by atoms with Gasteiger partial charge in [0.05, 0.1) is 17.0 Å². The van der Waals surface area contributed by atoms with Crippen LogP contribution in [0.5, 0.6) is 0 Å². The molecule has 5 nitrogen and oxygen atoms in total. The van der Waals surface area contributed by atoms with Crippen LogP contribution in [-0.2, 0) is 9.84 Å². The fraction of sp³-hybridized carbons (Fsp3) is 0.300. The molecule has 0 bridgehead atoms. The lowest BCUT2D eigenvalue weighted by Gasteiger charge is -2.09. The zero-order valence-corrected chi connectivity index (χ0v) is 9.25. The molecule has 0 radical (unpaired) electrons.